The van der Waals surface area contributed by atoms with Gasteiger partial charge in [0.05, 0.1) is 0 Å². The van der Waals surface area contributed by atoms with E-state index in [1.165, 1.54) is 13.1 Å². The number of benzene rings is 1. The van der Waals surface area contributed by atoms with Crippen LogP contribution in [0.5, 0.6) is 0 Å². The first-order valence-electron chi connectivity index (χ1n) is 7.21. The fourth-order valence-electron chi connectivity index (χ4n) is 2.38. The van der Waals surface area contributed by atoms with Gasteiger partial charge in [0.25, 0.3) is 0 Å². The number of halogens is 1. The molecule has 1 aliphatic heterocycles. The number of hydrogen-bond donors (Lipinski definition) is 1. The summed E-state index contributed by atoms with van der Waals surface area (Å²) >= 11 is 0. The van der Waals surface area contributed by atoms with Gasteiger partial charge in [-0.15, -0.1) is 0 Å². The zero-order chi connectivity index (χ0) is 16.3. The molecule has 2 rings (SSSR count). The lowest BCUT2D eigenvalue weighted by Gasteiger charge is -2.14. The Kier molecular flexibility index (Phi) is 4.85. The average Bonchev–Trinajstić information content (AvgIpc) is 2.58. The third-order valence-electron chi connectivity index (χ3n) is 3.87. The van der Waals surface area contributed by atoms with Crippen LogP contribution in [0.3, 0.4) is 0 Å². The highest BCUT2D eigenvalue weighted by molar-refractivity contribution is 6.05. The van der Waals surface area contributed by atoms with Crippen molar-refractivity contribution in [3.8, 4) is 0 Å². The maximum Gasteiger partial charge on any atom is 0.228 e. The Morgan fingerprint density at radius 3 is 2.64 bits per heavy atom. The molecule has 22 heavy (non-hydrogen) atoms. The minimum atomic E-state index is -0.707. The maximum atomic E-state index is 13.8. The molecule has 1 heterocycles. The number of carbonyl (C=O) groups is 2. The topological polar surface area (TPSA) is 61.2 Å². The lowest BCUT2D eigenvalue weighted by Crippen LogP contribution is -2.31. The number of ketones is 1. The van der Waals surface area contributed by atoms with Crippen LogP contribution < -0.4 is 0 Å². The van der Waals surface area contributed by atoms with E-state index in [-0.39, 0.29) is 30.4 Å². The van der Waals surface area contributed by atoms with E-state index < -0.39 is 11.7 Å². The fourth-order valence-corrected chi connectivity index (χ4v) is 2.38. The first-order chi connectivity index (χ1) is 10.4. The Morgan fingerprint density at radius 2 is 2.00 bits per heavy atom. The Labute approximate surface area is 129 Å². The molecule has 0 spiro atoms. The molecule has 116 valence electrons. The van der Waals surface area contributed by atoms with Gasteiger partial charge in [0.15, 0.2) is 17.4 Å². The number of aryl methyl sites for hydroxylation is 1. The highest BCUT2D eigenvalue weighted by Crippen LogP contribution is 2.23. The predicted molar refractivity (Wildman–Crippen MR) is 82.5 cm³/mol. The molecule has 0 aliphatic carbocycles. The second kappa shape index (κ2) is 6.64. The Morgan fingerprint density at radius 1 is 1.36 bits per heavy atom. The number of amides is 1. The van der Waals surface area contributed by atoms with Crippen LogP contribution in [-0.2, 0) is 4.79 Å². The zero-order valence-corrected chi connectivity index (χ0v) is 12.7. The predicted octanol–water partition coefficient (Wildman–Crippen LogP) is 3.27. The molecule has 1 aromatic rings. The number of allylic oxidation sites excluding steroid dienone is 1. The first-order valence-corrected chi connectivity index (χ1v) is 7.21. The van der Waals surface area contributed by atoms with Crippen molar-refractivity contribution in [3.05, 3.63) is 47.3 Å². The van der Waals surface area contributed by atoms with E-state index in [0.29, 0.717) is 12.0 Å². The fraction of sp³-hybridized carbons (Fsp3) is 0.353. The molecule has 5 heteroatoms. The molecule has 0 bridgehead atoms. The Hall–Kier alpha value is -2.30. The van der Waals surface area contributed by atoms with Crippen molar-refractivity contribution in [2.45, 2.75) is 26.2 Å². The molecule has 0 saturated carbocycles. The summed E-state index contributed by atoms with van der Waals surface area (Å²) in [6.07, 6.45) is 2.05. The standard InChI is InChI=1S/C17H19FN2O2/c1-11-3-6-13(7-4-11)15(21)8-5-12-9-14(18)17(19)20(2)16(22)10-12/h3-4,6-7,9,12,19H,5,8,10H2,1-2H3. The van der Waals surface area contributed by atoms with Crippen molar-refractivity contribution in [2.75, 3.05) is 7.05 Å². The maximum absolute atomic E-state index is 13.8. The molecule has 0 aromatic heterocycles. The molecule has 0 radical (unpaired) electrons. The zero-order valence-electron chi connectivity index (χ0n) is 12.7. The molecular weight excluding hydrogens is 283 g/mol. The number of amidine groups is 1. The van der Waals surface area contributed by atoms with Crippen molar-refractivity contribution < 1.29 is 14.0 Å². The van der Waals surface area contributed by atoms with E-state index >= 15 is 0 Å². The first kappa shape index (κ1) is 16.1. The van der Waals surface area contributed by atoms with Crippen LogP contribution in [0, 0.1) is 18.3 Å². The third kappa shape index (κ3) is 3.67. The van der Waals surface area contributed by atoms with Crippen molar-refractivity contribution in [3.63, 3.8) is 0 Å². The van der Waals surface area contributed by atoms with E-state index in [1.54, 1.807) is 12.1 Å². The quantitative estimate of drug-likeness (QED) is 0.868. The van der Waals surface area contributed by atoms with Gasteiger partial charge in [0.1, 0.15) is 0 Å². The van der Waals surface area contributed by atoms with Gasteiger partial charge in [-0.05, 0) is 25.3 Å². The smallest absolute Gasteiger partial charge is 0.228 e. The largest absolute Gasteiger partial charge is 0.298 e. The number of nitrogens with zero attached hydrogens (tertiary/aromatic N) is 1. The molecule has 0 fully saturated rings. The lowest BCUT2D eigenvalue weighted by atomic mass is 9.95. The summed E-state index contributed by atoms with van der Waals surface area (Å²) in [5.74, 6) is -1.80. The van der Waals surface area contributed by atoms with E-state index in [1.807, 2.05) is 19.1 Å². The Balaban J connectivity index is 2.01. The van der Waals surface area contributed by atoms with Crippen molar-refractivity contribution in [1.29, 1.82) is 5.41 Å². The van der Waals surface area contributed by atoms with Crippen LogP contribution in [-0.4, -0.2) is 29.5 Å². The molecular formula is C17H19FN2O2. The lowest BCUT2D eigenvalue weighted by molar-refractivity contribution is -0.127. The normalized spacial score (nSPS) is 19.0. The minimum Gasteiger partial charge on any atom is -0.298 e. The van der Waals surface area contributed by atoms with Gasteiger partial charge in [-0.3, -0.25) is 19.9 Å². The number of likely N-dealkylation sites (N-methyl/N-ethyl adjacent to an activating group) is 1. The Bertz CT molecular complexity index is 635. The second-order valence-electron chi connectivity index (χ2n) is 5.61. The summed E-state index contributed by atoms with van der Waals surface area (Å²) in [6, 6.07) is 7.29. The molecule has 1 amide bonds. The second-order valence-corrected chi connectivity index (χ2v) is 5.61. The van der Waals surface area contributed by atoms with Gasteiger partial charge < -0.3 is 0 Å². The van der Waals surface area contributed by atoms with Gasteiger partial charge in [-0.2, -0.15) is 0 Å². The van der Waals surface area contributed by atoms with Crippen molar-refractivity contribution in [2.24, 2.45) is 5.92 Å². The van der Waals surface area contributed by atoms with Gasteiger partial charge in [0.2, 0.25) is 5.91 Å². The van der Waals surface area contributed by atoms with E-state index in [4.69, 9.17) is 5.41 Å². The summed E-state index contributed by atoms with van der Waals surface area (Å²) < 4.78 is 13.8. The number of rotatable bonds is 4. The molecule has 4 nitrogen and oxygen atoms in total. The number of hydrogen-bond acceptors (Lipinski definition) is 3. The molecule has 1 aliphatic rings. The van der Waals surface area contributed by atoms with Gasteiger partial charge >= 0.3 is 0 Å². The summed E-state index contributed by atoms with van der Waals surface area (Å²) in [4.78, 5) is 25.0. The SMILES string of the molecule is Cc1ccc(C(=O)CCC2C=C(F)C(=N)N(C)C(=O)C2)cc1. The summed E-state index contributed by atoms with van der Waals surface area (Å²) in [6.45, 7) is 1.95. The van der Waals surface area contributed by atoms with Crippen LogP contribution in [0.2, 0.25) is 0 Å². The average molecular weight is 302 g/mol. The van der Waals surface area contributed by atoms with Crippen LogP contribution in [0.25, 0.3) is 0 Å². The molecule has 1 aromatic carbocycles. The highest BCUT2D eigenvalue weighted by Gasteiger charge is 2.26. The molecule has 1 unspecified atom stereocenters. The van der Waals surface area contributed by atoms with E-state index in [9.17, 15) is 14.0 Å². The number of nitrogens with one attached hydrogen (secondary N) is 1. The summed E-state index contributed by atoms with van der Waals surface area (Å²) in [5.41, 5.74) is 1.71. The van der Waals surface area contributed by atoms with Gasteiger partial charge in [0, 0.05) is 25.5 Å². The number of carbonyl (C=O) groups excluding carboxylic acids is 2. The van der Waals surface area contributed by atoms with Crippen LogP contribution >= 0.6 is 0 Å². The van der Waals surface area contributed by atoms with Crippen LogP contribution in [0.15, 0.2) is 36.2 Å². The van der Waals surface area contributed by atoms with E-state index in [0.717, 1.165) is 10.5 Å². The number of Topliss-reactive ketones (excluding diaryl/α,β-unsaturated/α-hetero) is 1. The summed E-state index contributed by atoms with van der Waals surface area (Å²) in [5, 5.41) is 7.53. The van der Waals surface area contributed by atoms with Crippen LogP contribution in [0.4, 0.5) is 4.39 Å². The van der Waals surface area contributed by atoms with Gasteiger partial charge in [-0.1, -0.05) is 29.8 Å². The monoisotopic (exact) mass is 302 g/mol. The summed E-state index contributed by atoms with van der Waals surface area (Å²) in [7, 11) is 1.39. The molecule has 0 saturated heterocycles. The van der Waals surface area contributed by atoms with Crippen molar-refractivity contribution >= 4 is 17.5 Å². The van der Waals surface area contributed by atoms with Crippen molar-refractivity contribution in [1.82, 2.24) is 4.90 Å². The van der Waals surface area contributed by atoms with E-state index in [2.05, 4.69) is 0 Å². The highest BCUT2D eigenvalue weighted by atomic mass is 19.1. The molecule has 1 N–H and O–H groups in total. The minimum absolute atomic E-state index is 0.0195. The third-order valence-corrected chi connectivity index (χ3v) is 3.87. The molecule has 1 atom stereocenters. The van der Waals surface area contributed by atoms with Gasteiger partial charge in [-0.25, -0.2) is 4.39 Å². The van der Waals surface area contributed by atoms with Crippen LogP contribution in [0.1, 0.15) is 35.2 Å².